The maximum absolute atomic E-state index is 4.55. The lowest BCUT2D eigenvalue weighted by Crippen LogP contribution is -2.25. The van der Waals surface area contributed by atoms with Crippen LogP contribution in [0.5, 0.6) is 0 Å². The molecule has 1 N–H and O–H groups in total. The quantitative estimate of drug-likeness (QED) is 0.860. The fraction of sp³-hybridized carbons (Fsp3) is 0.438. The molecular weight excluding hydrogens is 234 g/mol. The van der Waals surface area contributed by atoms with Crippen LogP contribution in [0.1, 0.15) is 43.3 Å². The van der Waals surface area contributed by atoms with Gasteiger partial charge in [0.1, 0.15) is 5.82 Å². The van der Waals surface area contributed by atoms with Gasteiger partial charge in [-0.05, 0) is 25.5 Å². The zero-order valence-corrected chi connectivity index (χ0v) is 12.1. The number of nitrogens with one attached hydrogen (secondary N) is 1. The molecule has 3 nitrogen and oxygen atoms in total. The van der Waals surface area contributed by atoms with E-state index in [1.807, 2.05) is 6.20 Å². The van der Waals surface area contributed by atoms with E-state index in [-0.39, 0.29) is 6.04 Å². The summed E-state index contributed by atoms with van der Waals surface area (Å²) < 4.78 is 2.24. The normalized spacial score (nSPS) is 12.6. The van der Waals surface area contributed by atoms with Gasteiger partial charge in [0.05, 0.1) is 6.04 Å². The topological polar surface area (TPSA) is 29.9 Å². The molecule has 3 heteroatoms. The zero-order chi connectivity index (χ0) is 13.7. The Morgan fingerprint density at radius 3 is 2.58 bits per heavy atom. The largest absolute Gasteiger partial charge is 0.333 e. The number of hydrogen-bond acceptors (Lipinski definition) is 2. The molecule has 0 spiro atoms. The van der Waals surface area contributed by atoms with Gasteiger partial charge in [0.2, 0.25) is 0 Å². The van der Waals surface area contributed by atoms with Gasteiger partial charge in [0.15, 0.2) is 0 Å². The molecule has 0 bridgehead atoms. The first-order valence-corrected chi connectivity index (χ1v) is 7.07. The van der Waals surface area contributed by atoms with Crippen molar-refractivity contribution >= 4 is 0 Å². The van der Waals surface area contributed by atoms with Crippen LogP contribution in [0, 0.1) is 6.92 Å². The van der Waals surface area contributed by atoms with Crippen molar-refractivity contribution in [3.8, 4) is 0 Å². The maximum Gasteiger partial charge on any atom is 0.130 e. The van der Waals surface area contributed by atoms with Gasteiger partial charge in [-0.2, -0.15) is 0 Å². The lowest BCUT2D eigenvalue weighted by Gasteiger charge is -2.19. The van der Waals surface area contributed by atoms with E-state index >= 15 is 0 Å². The summed E-state index contributed by atoms with van der Waals surface area (Å²) >= 11 is 0. The Bertz CT molecular complexity index is 499. The van der Waals surface area contributed by atoms with Crippen LogP contribution in [0.3, 0.4) is 0 Å². The molecule has 2 aromatic rings. The molecule has 2 rings (SSSR count). The third-order valence-corrected chi connectivity index (χ3v) is 3.29. The van der Waals surface area contributed by atoms with E-state index in [0.29, 0.717) is 0 Å². The fourth-order valence-corrected chi connectivity index (χ4v) is 2.33. The Morgan fingerprint density at radius 2 is 1.95 bits per heavy atom. The summed E-state index contributed by atoms with van der Waals surface area (Å²) in [5.41, 5.74) is 2.56. The second kappa shape index (κ2) is 6.53. The van der Waals surface area contributed by atoms with Crippen LogP contribution < -0.4 is 5.32 Å². The van der Waals surface area contributed by atoms with Crippen molar-refractivity contribution in [3.05, 3.63) is 53.6 Å². The summed E-state index contributed by atoms with van der Waals surface area (Å²) in [7, 11) is 0. The molecule has 0 amide bonds. The van der Waals surface area contributed by atoms with Crippen molar-refractivity contribution in [2.45, 2.75) is 39.8 Å². The highest BCUT2D eigenvalue weighted by atomic mass is 15.1. The predicted molar refractivity (Wildman–Crippen MR) is 79.2 cm³/mol. The average molecular weight is 257 g/mol. The molecule has 0 radical (unpaired) electrons. The van der Waals surface area contributed by atoms with Gasteiger partial charge in [-0.15, -0.1) is 0 Å². The highest BCUT2D eigenvalue weighted by molar-refractivity contribution is 5.28. The standard InChI is InChI=1S/C16H23N3/c1-4-11-19-12-10-18-16(19)15(17-5-2)14-8-6-13(3)7-9-14/h6-10,12,15,17H,4-5,11H2,1-3H3. The Hall–Kier alpha value is -1.61. The molecule has 102 valence electrons. The van der Waals surface area contributed by atoms with Crippen molar-refractivity contribution in [1.29, 1.82) is 0 Å². The number of nitrogens with zero attached hydrogens (tertiary/aromatic N) is 2. The van der Waals surface area contributed by atoms with E-state index in [1.54, 1.807) is 0 Å². The molecule has 0 saturated heterocycles. The Kier molecular flexibility index (Phi) is 4.74. The number of aromatic nitrogens is 2. The van der Waals surface area contributed by atoms with Gasteiger partial charge in [-0.1, -0.05) is 43.7 Å². The van der Waals surface area contributed by atoms with E-state index in [9.17, 15) is 0 Å². The third kappa shape index (κ3) is 3.24. The number of imidazole rings is 1. The number of hydrogen-bond donors (Lipinski definition) is 1. The summed E-state index contributed by atoms with van der Waals surface area (Å²) in [5.74, 6) is 1.10. The number of benzene rings is 1. The summed E-state index contributed by atoms with van der Waals surface area (Å²) in [6.45, 7) is 8.39. The SMILES string of the molecule is CCCn1ccnc1C(NCC)c1ccc(C)cc1. The van der Waals surface area contributed by atoms with E-state index in [4.69, 9.17) is 0 Å². The molecule has 1 unspecified atom stereocenters. The Balaban J connectivity index is 2.33. The van der Waals surface area contributed by atoms with Crippen molar-refractivity contribution in [1.82, 2.24) is 14.9 Å². The second-order valence-electron chi connectivity index (χ2n) is 4.88. The smallest absolute Gasteiger partial charge is 0.130 e. The van der Waals surface area contributed by atoms with Crippen LogP contribution in [0.4, 0.5) is 0 Å². The van der Waals surface area contributed by atoms with Gasteiger partial charge in [-0.3, -0.25) is 0 Å². The first-order chi connectivity index (χ1) is 9.26. The molecule has 0 saturated carbocycles. The molecule has 1 heterocycles. The summed E-state index contributed by atoms with van der Waals surface area (Å²) in [5, 5.41) is 3.54. The third-order valence-electron chi connectivity index (χ3n) is 3.29. The highest BCUT2D eigenvalue weighted by Gasteiger charge is 2.17. The molecule has 1 atom stereocenters. The molecular formula is C16H23N3. The van der Waals surface area contributed by atoms with Crippen LogP contribution in [-0.4, -0.2) is 16.1 Å². The predicted octanol–water partition coefficient (Wildman–Crippen LogP) is 3.30. The van der Waals surface area contributed by atoms with Crippen LogP contribution in [-0.2, 0) is 6.54 Å². The lowest BCUT2D eigenvalue weighted by atomic mass is 10.0. The van der Waals surface area contributed by atoms with Gasteiger partial charge in [-0.25, -0.2) is 4.98 Å². The van der Waals surface area contributed by atoms with Gasteiger partial charge < -0.3 is 9.88 Å². The molecule has 0 fully saturated rings. The molecule has 1 aromatic heterocycles. The van der Waals surface area contributed by atoms with Crippen LogP contribution in [0.15, 0.2) is 36.7 Å². The van der Waals surface area contributed by atoms with Gasteiger partial charge in [0, 0.05) is 18.9 Å². The first kappa shape index (κ1) is 13.8. The molecule has 0 aliphatic carbocycles. The van der Waals surface area contributed by atoms with Crippen LogP contribution in [0.2, 0.25) is 0 Å². The van der Waals surface area contributed by atoms with Crippen molar-refractivity contribution < 1.29 is 0 Å². The minimum absolute atomic E-state index is 0.173. The molecule has 0 aliphatic heterocycles. The van der Waals surface area contributed by atoms with Crippen LogP contribution in [0.25, 0.3) is 0 Å². The lowest BCUT2D eigenvalue weighted by molar-refractivity contribution is 0.544. The summed E-state index contributed by atoms with van der Waals surface area (Å²) in [6.07, 6.45) is 5.08. The molecule has 19 heavy (non-hydrogen) atoms. The van der Waals surface area contributed by atoms with Gasteiger partial charge >= 0.3 is 0 Å². The second-order valence-corrected chi connectivity index (χ2v) is 4.88. The minimum atomic E-state index is 0.173. The van der Waals surface area contributed by atoms with E-state index < -0.39 is 0 Å². The number of rotatable bonds is 6. The van der Waals surface area contributed by atoms with Gasteiger partial charge in [0.25, 0.3) is 0 Å². The van der Waals surface area contributed by atoms with E-state index in [1.165, 1.54) is 11.1 Å². The van der Waals surface area contributed by atoms with Crippen molar-refractivity contribution in [2.24, 2.45) is 0 Å². The van der Waals surface area contributed by atoms with Crippen molar-refractivity contribution in [3.63, 3.8) is 0 Å². The molecule has 0 aliphatic rings. The first-order valence-electron chi connectivity index (χ1n) is 7.07. The number of aryl methyl sites for hydroxylation is 2. The van der Waals surface area contributed by atoms with E-state index in [0.717, 1.165) is 25.3 Å². The Morgan fingerprint density at radius 1 is 1.21 bits per heavy atom. The summed E-state index contributed by atoms with van der Waals surface area (Å²) in [4.78, 5) is 4.55. The highest BCUT2D eigenvalue weighted by Crippen LogP contribution is 2.21. The van der Waals surface area contributed by atoms with Crippen LogP contribution >= 0.6 is 0 Å². The van der Waals surface area contributed by atoms with Crippen molar-refractivity contribution in [2.75, 3.05) is 6.54 Å². The summed E-state index contributed by atoms with van der Waals surface area (Å²) in [6, 6.07) is 8.87. The fourth-order valence-electron chi connectivity index (χ4n) is 2.33. The minimum Gasteiger partial charge on any atom is -0.333 e. The average Bonchev–Trinajstić information content (AvgIpc) is 2.86. The maximum atomic E-state index is 4.55. The Labute approximate surface area is 115 Å². The zero-order valence-electron chi connectivity index (χ0n) is 12.1. The monoisotopic (exact) mass is 257 g/mol. The van der Waals surface area contributed by atoms with E-state index in [2.05, 4.69) is 66.1 Å². The molecule has 1 aromatic carbocycles.